The topological polar surface area (TPSA) is 29.1 Å². The maximum absolute atomic E-state index is 11.2. The van der Waals surface area contributed by atoms with Gasteiger partial charge in [0.1, 0.15) is 0 Å². The predicted octanol–water partition coefficient (Wildman–Crippen LogP) is 2.73. The lowest BCUT2D eigenvalue weighted by molar-refractivity contribution is -0.121. The molecule has 1 N–H and O–H groups in total. The number of amides is 1. The summed E-state index contributed by atoms with van der Waals surface area (Å²) in [7, 11) is 0. The number of carbonyl (C=O) groups is 1. The molecule has 1 aliphatic rings. The summed E-state index contributed by atoms with van der Waals surface area (Å²) in [6.07, 6.45) is 5.59. The van der Waals surface area contributed by atoms with E-state index in [0.717, 1.165) is 11.8 Å². The first-order chi connectivity index (χ1) is 6.63. The lowest BCUT2D eigenvalue weighted by atomic mass is 9.79. The Morgan fingerprint density at radius 3 is 2.71 bits per heavy atom. The van der Waals surface area contributed by atoms with Crippen molar-refractivity contribution in [1.29, 1.82) is 0 Å². The Morgan fingerprint density at radius 2 is 2.14 bits per heavy atom. The van der Waals surface area contributed by atoms with Crippen molar-refractivity contribution in [3.05, 3.63) is 0 Å². The highest BCUT2D eigenvalue weighted by Crippen LogP contribution is 2.29. The molecule has 0 bridgehead atoms. The van der Waals surface area contributed by atoms with Crippen LogP contribution in [0.5, 0.6) is 0 Å². The van der Waals surface area contributed by atoms with E-state index in [0.29, 0.717) is 12.5 Å². The van der Waals surface area contributed by atoms with E-state index in [4.69, 9.17) is 0 Å². The fraction of sp³-hybridized carbons (Fsp3) is 0.917. The summed E-state index contributed by atoms with van der Waals surface area (Å²) in [4.78, 5) is 11.2. The highest BCUT2D eigenvalue weighted by molar-refractivity contribution is 5.75. The van der Waals surface area contributed by atoms with E-state index in [1.165, 1.54) is 25.7 Å². The molecule has 0 saturated heterocycles. The fourth-order valence-electron chi connectivity index (χ4n) is 2.29. The summed E-state index contributed by atoms with van der Waals surface area (Å²) in [5.41, 5.74) is 0. The van der Waals surface area contributed by atoms with E-state index >= 15 is 0 Å². The minimum absolute atomic E-state index is 0.208. The molecule has 0 aromatic rings. The molecule has 1 amide bonds. The van der Waals surface area contributed by atoms with Gasteiger partial charge < -0.3 is 5.32 Å². The zero-order valence-corrected chi connectivity index (χ0v) is 9.68. The maximum atomic E-state index is 11.2. The number of rotatable bonds is 3. The van der Waals surface area contributed by atoms with E-state index in [1.54, 1.807) is 0 Å². The minimum Gasteiger partial charge on any atom is -0.353 e. The largest absolute Gasteiger partial charge is 0.353 e. The van der Waals surface area contributed by atoms with Crippen LogP contribution in [0.25, 0.3) is 0 Å². The van der Waals surface area contributed by atoms with E-state index in [9.17, 15) is 4.79 Å². The van der Waals surface area contributed by atoms with E-state index < -0.39 is 0 Å². The minimum atomic E-state index is 0.208. The number of carbonyl (C=O) groups excluding carboxylic acids is 1. The molecule has 1 rings (SSSR count). The first-order valence-corrected chi connectivity index (χ1v) is 5.92. The molecule has 0 heterocycles. The van der Waals surface area contributed by atoms with Gasteiger partial charge in [-0.05, 0) is 24.7 Å². The maximum Gasteiger partial charge on any atom is 0.219 e. The first kappa shape index (κ1) is 11.5. The highest BCUT2D eigenvalue weighted by Gasteiger charge is 2.24. The Labute approximate surface area is 87.5 Å². The molecule has 1 aliphatic carbocycles. The summed E-state index contributed by atoms with van der Waals surface area (Å²) in [5, 5.41) is 3.11. The second-order valence-corrected chi connectivity index (χ2v) is 4.79. The van der Waals surface area contributed by atoms with Crippen LogP contribution in [0.3, 0.4) is 0 Å². The van der Waals surface area contributed by atoms with E-state index in [1.807, 2.05) is 6.92 Å². The number of hydrogen-bond donors (Lipinski definition) is 1. The Balaban J connectivity index is 2.36. The molecule has 0 aliphatic heterocycles. The van der Waals surface area contributed by atoms with Crippen LogP contribution in [0.15, 0.2) is 0 Å². The molecule has 1 fully saturated rings. The van der Waals surface area contributed by atoms with Gasteiger partial charge >= 0.3 is 0 Å². The molecular formula is C12H23NO. The van der Waals surface area contributed by atoms with Gasteiger partial charge in [-0.1, -0.05) is 33.6 Å². The quantitative estimate of drug-likeness (QED) is 0.740. The van der Waals surface area contributed by atoms with Crippen molar-refractivity contribution >= 4 is 5.91 Å². The fourth-order valence-corrected chi connectivity index (χ4v) is 2.29. The van der Waals surface area contributed by atoms with Gasteiger partial charge in [0.05, 0.1) is 0 Å². The smallest absolute Gasteiger partial charge is 0.219 e. The number of nitrogens with one attached hydrogen (secondary N) is 1. The first-order valence-electron chi connectivity index (χ1n) is 5.92. The molecule has 0 radical (unpaired) electrons. The number of hydrogen-bond acceptors (Lipinski definition) is 1. The van der Waals surface area contributed by atoms with Gasteiger partial charge in [0.25, 0.3) is 0 Å². The van der Waals surface area contributed by atoms with Gasteiger partial charge in [0.2, 0.25) is 5.91 Å². The van der Waals surface area contributed by atoms with Crippen LogP contribution in [-0.2, 0) is 4.79 Å². The summed E-state index contributed by atoms with van der Waals surface area (Å²) < 4.78 is 0. The molecule has 0 spiro atoms. The van der Waals surface area contributed by atoms with Crippen LogP contribution in [-0.4, -0.2) is 11.9 Å². The average Bonchev–Trinajstić information content (AvgIpc) is 2.18. The van der Waals surface area contributed by atoms with Crippen LogP contribution < -0.4 is 5.32 Å². The second-order valence-electron chi connectivity index (χ2n) is 4.79. The lowest BCUT2D eigenvalue weighted by Crippen LogP contribution is -2.38. The summed E-state index contributed by atoms with van der Waals surface area (Å²) in [6.45, 7) is 6.49. The third-order valence-electron chi connectivity index (χ3n) is 3.34. The Morgan fingerprint density at radius 1 is 1.43 bits per heavy atom. The van der Waals surface area contributed by atoms with Gasteiger partial charge in [-0.25, -0.2) is 0 Å². The highest BCUT2D eigenvalue weighted by atomic mass is 16.1. The van der Waals surface area contributed by atoms with Gasteiger partial charge in [-0.15, -0.1) is 0 Å². The Bertz CT molecular complexity index is 189. The molecule has 2 unspecified atom stereocenters. The molecule has 82 valence electrons. The third-order valence-corrected chi connectivity index (χ3v) is 3.34. The van der Waals surface area contributed by atoms with Crippen LogP contribution in [0.1, 0.15) is 52.9 Å². The van der Waals surface area contributed by atoms with Gasteiger partial charge in [0.15, 0.2) is 0 Å². The van der Waals surface area contributed by atoms with Gasteiger partial charge in [0, 0.05) is 12.5 Å². The van der Waals surface area contributed by atoms with Crippen molar-refractivity contribution in [1.82, 2.24) is 5.32 Å². The Hall–Kier alpha value is -0.530. The predicted molar refractivity (Wildman–Crippen MR) is 59.0 cm³/mol. The van der Waals surface area contributed by atoms with Crippen molar-refractivity contribution < 1.29 is 4.79 Å². The van der Waals surface area contributed by atoms with Crippen LogP contribution in [0.4, 0.5) is 0 Å². The summed E-state index contributed by atoms with van der Waals surface area (Å²) in [6, 6.07) is 0.448. The SMILES string of the molecule is CCC(=O)NC1CCCC(C(C)C)C1. The van der Waals surface area contributed by atoms with Gasteiger partial charge in [-0.3, -0.25) is 4.79 Å². The molecule has 2 heteroatoms. The van der Waals surface area contributed by atoms with Gasteiger partial charge in [-0.2, -0.15) is 0 Å². The zero-order chi connectivity index (χ0) is 10.6. The van der Waals surface area contributed by atoms with Crippen molar-refractivity contribution in [3.8, 4) is 0 Å². The second kappa shape index (κ2) is 5.38. The van der Waals surface area contributed by atoms with Crippen molar-refractivity contribution in [2.24, 2.45) is 11.8 Å². The summed E-state index contributed by atoms with van der Waals surface area (Å²) in [5.74, 6) is 1.78. The normalized spacial score (nSPS) is 27.7. The van der Waals surface area contributed by atoms with Crippen molar-refractivity contribution in [3.63, 3.8) is 0 Å². The average molecular weight is 197 g/mol. The molecule has 2 nitrogen and oxygen atoms in total. The van der Waals surface area contributed by atoms with Crippen molar-refractivity contribution in [2.45, 2.75) is 58.9 Å². The van der Waals surface area contributed by atoms with Crippen LogP contribution >= 0.6 is 0 Å². The molecule has 0 aromatic carbocycles. The third kappa shape index (κ3) is 3.32. The molecule has 14 heavy (non-hydrogen) atoms. The molecule has 0 aromatic heterocycles. The molecular weight excluding hydrogens is 174 g/mol. The monoisotopic (exact) mass is 197 g/mol. The molecule has 1 saturated carbocycles. The summed E-state index contributed by atoms with van der Waals surface area (Å²) >= 11 is 0. The van der Waals surface area contributed by atoms with Crippen LogP contribution in [0, 0.1) is 11.8 Å². The van der Waals surface area contributed by atoms with Crippen LogP contribution in [0.2, 0.25) is 0 Å². The van der Waals surface area contributed by atoms with Crippen molar-refractivity contribution in [2.75, 3.05) is 0 Å². The van der Waals surface area contributed by atoms with E-state index in [2.05, 4.69) is 19.2 Å². The van der Waals surface area contributed by atoms with E-state index in [-0.39, 0.29) is 5.91 Å². The zero-order valence-electron chi connectivity index (χ0n) is 9.68. The standard InChI is InChI=1S/C12H23NO/c1-4-12(14)13-11-7-5-6-10(8-11)9(2)3/h9-11H,4-8H2,1-3H3,(H,13,14). The molecule has 2 atom stereocenters. The Kier molecular flexibility index (Phi) is 4.43. The lowest BCUT2D eigenvalue weighted by Gasteiger charge is -2.32.